The van der Waals surface area contributed by atoms with E-state index in [4.69, 9.17) is 14.7 Å². The van der Waals surface area contributed by atoms with Crippen molar-refractivity contribution in [1.29, 1.82) is 5.26 Å². The summed E-state index contributed by atoms with van der Waals surface area (Å²) in [5.41, 5.74) is 1.10. The van der Waals surface area contributed by atoms with Crippen LogP contribution in [0.2, 0.25) is 0 Å². The normalized spacial score (nSPS) is 13.9. The van der Waals surface area contributed by atoms with Crippen LogP contribution >= 0.6 is 0 Å². The number of aryl methyl sites for hydroxylation is 1. The predicted octanol–water partition coefficient (Wildman–Crippen LogP) is 1.90. The average molecular weight is 296 g/mol. The Kier molecular flexibility index (Phi) is 7.41. The molecule has 1 aromatic carbocycles. The summed E-state index contributed by atoms with van der Waals surface area (Å²) in [5, 5.41) is 9.10. The highest BCUT2D eigenvalue weighted by molar-refractivity contribution is 7.83. The first-order valence-electron chi connectivity index (χ1n) is 6.30. The molecule has 0 spiro atoms. The zero-order valence-electron chi connectivity index (χ0n) is 12.0. The average Bonchev–Trinajstić information content (AvgIpc) is 2.47. The van der Waals surface area contributed by atoms with E-state index >= 15 is 0 Å². The Hall–Kier alpha value is -1.26. The van der Waals surface area contributed by atoms with Gasteiger partial charge in [-0.2, -0.15) is 5.26 Å². The summed E-state index contributed by atoms with van der Waals surface area (Å²) in [4.78, 5) is 0.658. The molecular formula is C14H20N2O3S. The van der Waals surface area contributed by atoms with Crippen LogP contribution in [-0.2, 0) is 20.5 Å². The van der Waals surface area contributed by atoms with E-state index in [1.54, 1.807) is 26.4 Å². The van der Waals surface area contributed by atoms with Crippen molar-refractivity contribution in [3.63, 3.8) is 0 Å². The second-order valence-corrected chi connectivity index (χ2v) is 5.60. The molecule has 1 aromatic rings. The minimum atomic E-state index is -1.39. The van der Waals surface area contributed by atoms with Crippen molar-refractivity contribution in [3.8, 4) is 6.07 Å². The molecule has 0 fully saturated rings. The Balaban J connectivity index is 2.53. The SMILES string of the molecule is COC(CC[C@@H](C#N)NS(=O)c1ccc(C)cc1)OC. The lowest BCUT2D eigenvalue weighted by atomic mass is 10.2. The molecule has 110 valence electrons. The molecule has 1 rings (SSSR count). The van der Waals surface area contributed by atoms with Crippen LogP contribution in [0.5, 0.6) is 0 Å². The van der Waals surface area contributed by atoms with Crippen molar-refractivity contribution in [2.24, 2.45) is 0 Å². The van der Waals surface area contributed by atoms with Crippen LogP contribution in [0.4, 0.5) is 0 Å². The molecule has 0 bridgehead atoms. The Morgan fingerprint density at radius 2 is 1.85 bits per heavy atom. The summed E-state index contributed by atoms with van der Waals surface area (Å²) >= 11 is 0. The van der Waals surface area contributed by atoms with Gasteiger partial charge in [0.1, 0.15) is 17.0 Å². The van der Waals surface area contributed by atoms with Crippen LogP contribution in [-0.4, -0.2) is 30.8 Å². The largest absolute Gasteiger partial charge is 0.356 e. The molecular weight excluding hydrogens is 276 g/mol. The zero-order valence-corrected chi connectivity index (χ0v) is 12.8. The van der Waals surface area contributed by atoms with Crippen molar-refractivity contribution in [3.05, 3.63) is 29.8 Å². The zero-order chi connectivity index (χ0) is 15.0. The monoisotopic (exact) mass is 296 g/mol. The van der Waals surface area contributed by atoms with Gasteiger partial charge in [-0.3, -0.25) is 0 Å². The summed E-state index contributed by atoms with van der Waals surface area (Å²) in [6.07, 6.45) is 0.713. The number of nitrogens with one attached hydrogen (secondary N) is 1. The lowest BCUT2D eigenvalue weighted by molar-refractivity contribution is -0.107. The molecule has 6 heteroatoms. The third kappa shape index (κ3) is 5.39. The second kappa shape index (κ2) is 8.82. The Morgan fingerprint density at radius 3 is 2.35 bits per heavy atom. The summed E-state index contributed by atoms with van der Waals surface area (Å²) in [5.74, 6) is 0. The quantitative estimate of drug-likeness (QED) is 0.744. The van der Waals surface area contributed by atoms with Crippen LogP contribution in [0.3, 0.4) is 0 Å². The van der Waals surface area contributed by atoms with Gasteiger partial charge in [0.15, 0.2) is 6.29 Å². The number of hydrogen-bond donors (Lipinski definition) is 1. The molecule has 0 saturated carbocycles. The summed E-state index contributed by atoms with van der Waals surface area (Å²) in [6, 6.07) is 8.96. The van der Waals surface area contributed by atoms with Gasteiger partial charge in [-0.1, -0.05) is 17.7 Å². The standard InChI is InChI=1S/C14H20N2O3S/c1-11-4-7-13(8-5-11)20(17)16-12(10-15)6-9-14(18-2)19-3/h4-5,7-8,12,14,16H,6,9H2,1-3H3/t12-,20?/m0/s1. The van der Waals surface area contributed by atoms with Gasteiger partial charge < -0.3 is 9.47 Å². The number of hydrogen-bond acceptors (Lipinski definition) is 4. The van der Waals surface area contributed by atoms with Crippen molar-refractivity contribution >= 4 is 11.0 Å². The molecule has 0 aliphatic carbocycles. The fourth-order valence-corrected chi connectivity index (χ4v) is 2.59. The van der Waals surface area contributed by atoms with Crippen molar-refractivity contribution in [1.82, 2.24) is 4.72 Å². The number of ether oxygens (including phenoxy) is 2. The van der Waals surface area contributed by atoms with Gasteiger partial charge in [0.05, 0.1) is 11.0 Å². The van der Waals surface area contributed by atoms with E-state index in [0.717, 1.165) is 5.56 Å². The Labute approximate surface area is 122 Å². The van der Waals surface area contributed by atoms with Gasteiger partial charge in [-0.05, 0) is 25.5 Å². The molecule has 0 aromatic heterocycles. The molecule has 0 aliphatic heterocycles. The van der Waals surface area contributed by atoms with Gasteiger partial charge in [0.25, 0.3) is 0 Å². The number of rotatable bonds is 8. The van der Waals surface area contributed by atoms with Crippen LogP contribution in [0, 0.1) is 18.3 Å². The van der Waals surface area contributed by atoms with Gasteiger partial charge >= 0.3 is 0 Å². The van der Waals surface area contributed by atoms with E-state index in [1.807, 2.05) is 19.1 Å². The fraction of sp³-hybridized carbons (Fsp3) is 0.500. The third-order valence-corrected chi connectivity index (χ3v) is 4.06. The molecule has 0 radical (unpaired) electrons. The first-order chi connectivity index (χ1) is 9.60. The van der Waals surface area contributed by atoms with Gasteiger partial charge in [-0.25, -0.2) is 8.93 Å². The van der Waals surface area contributed by atoms with E-state index in [-0.39, 0.29) is 6.29 Å². The van der Waals surface area contributed by atoms with Gasteiger partial charge in [0.2, 0.25) is 0 Å². The summed E-state index contributed by atoms with van der Waals surface area (Å²) < 4.78 is 25.0. The second-order valence-electron chi connectivity index (χ2n) is 4.36. The number of benzene rings is 1. The van der Waals surface area contributed by atoms with Crippen LogP contribution < -0.4 is 4.72 Å². The smallest absolute Gasteiger partial charge is 0.156 e. The first kappa shape index (κ1) is 16.8. The molecule has 5 nitrogen and oxygen atoms in total. The maximum absolute atomic E-state index is 12.1. The van der Waals surface area contributed by atoms with Crippen LogP contribution in [0.25, 0.3) is 0 Å². The lowest BCUT2D eigenvalue weighted by Gasteiger charge is -2.16. The van der Waals surface area contributed by atoms with E-state index in [1.165, 1.54) is 0 Å². The molecule has 1 N–H and O–H groups in total. The van der Waals surface area contributed by atoms with Gasteiger partial charge in [-0.15, -0.1) is 0 Å². The van der Waals surface area contributed by atoms with Crippen molar-refractivity contribution < 1.29 is 13.7 Å². The maximum Gasteiger partial charge on any atom is 0.156 e. The molecule has 1 unspecified atom stereocenters. The van der Waals surface area contributed by atoms with Gasteiger partial charge in [0, 0.05) is 20.6 Å². The maximum atomic E-state index is 12.1. The summed E-state index contributed by atoms with van der Waals surface area (Å²) in [6.45, 7) is 1.97. The van der Waals surface area contributed by atoms with Crippen molar-refractivity contribution in [2.45, 2.75) is 37.0 Å². The third-order valence-electron chi connectivity index (χ3n) is 2.86. The first-order valence-corrected chi connectivity index (χ1v) is 7.45. The van der Waals surface area contributed by atoms with E-state index in [0.29, 0.717) is 17.7 Å². The van der Waals surface area contributed by atoms with Crippen LogP contribution in [0.1, 0.15) is 18.4 Å². The van der Waals surface area contributed by atoms with E-state index in [2.05, 4.69) is 10.8 Å². The molecule has 0 saturated heterocycles. The topological polar surface area (TPSA) is 71.3 Å². The van der Waals surface area contributed by atoms with Crippen molar-refractivity contribution in [2.75, 3.05) is 14.2 Å². The minimum absolute atomic E-state index is 0.347. The number of nitrogens with zero attached hydrogens (tertiary/aromatic N) is 1. The Morgan fingerprint density at radius 1 is 1.25 bits per heavy atom. The predicted molar refractivity (Wildman–Crippen MR) is 77.2 cm³/mol. The van der Waals surface area contributed by atoms with Crippen LogP contribution in [0.15, 0.2) is 29.2 Å². The molecule has 0 amide bonds. The molecule has 0 aliphatic rings. The Bertz CT molecular complexity index is 466. The highest BCUT2D eigenvalue weighted by Crippen LogP contribution is 2.10. The number of nitriles is 1. The molecule has 2 atom stereocenters. The molecule has 20 heavy (non-hydrogen) atoms. The highest BCUT2D eigenvalue weighted by atomic mass is 32.2. The van der Waals surface area contributed by atoms with E-state index < -0.39 is 17.0 Å². The minimum Gasteiger partial charge on any atom is -0.356 e. The lowest BCUT2D eigenvalue weighted by Crippen LogP contribution is -2.31. The fourth-order valence-electron chi connectivity index (χ4n) is 1.64. The summed E-state index contributed by atoms with van der Waals surface area (Å²) in [7, 11) is 1.70. The molecule has 0 heterocycles. The van der Waals surface area contributed by atoms with E-state index in [9.17, 15) is 4.21 Å². The highest BCUT2D eigenvalue weighted by Gasteiger charge is 2.15. The number of methoxy groups -OCH3 is 2.